The highest BCUT2D eigenvalue weighted by Gasteiger charge is 2.25. The van der Waals surface area contributed by atoms with Gasteiger partial charge in [-0.2, -0.15) is 5.26 Å². The molecule has 1 fully saturated rings. The quantitative estimate of drug-likeness (QED) is 0.385. The second-order valence-electron chi connectivity index (χ2n) is 5.00. The smallest absolute Gasteiger partial charge is 0.308 e. The molecule has 1 aliphatic heterocycles. The third-order valence-electron chi connectivity index (χ3n) is 3.57. The van der Waals surface area contributed by atoms with Gasteiger partial charge < -0.3 is 10.0 Å². The Morgan fingerprint density at radius 3 is 2.82 bits per heavy atom. The monoisotopic (exact) mass is 318 g/mol. The molecule has 0 amide bonds. The summed E-state index contributed by atoms with van der Waals surface area (Å²) in [6.45, 7) is 1.42. The zero-order valence-electron chi connectivity index (χ0n) is 12.3. The number of nitriles is 1. The number of rotatable bonds is 3. The van der Waals surface area contributed by atoms with Crippen LogP contribution in [0.1, 0.15) is 12.8 Å². The fourth-order valence-corrected chi connectivity index (χ4v) is 2.79. The maximum atomic E-state index is 11.1. The molecule has 22 heavy (non-hydrogen) atoms. The van der Waals surface area contributed by atoms with Crippen LogP contribution in [0.4, 0.5) is 11.4 Å². The molecule has 0 spiro atoms. The number of anilines is 1. The van der Waals surface area contributed by atoms with Gasteiger partial charge in [-0.1, -0.05) is 11.8 Å². The van der Waals surface area contributed by atoms with Gasteiger partial charge in [-0.05, 0) is 43.4 Å². The molecule has 1 atom stereocenters. The molecule has 0 aliphatic carbocycles. The number of benzene rings is 1. The molecule has 0 aromatic heterocycles. The van der Waals surface area contributed by atoms with Crippen molar-refractivity contribution in [2.75, 3.05) is 24.2 Å². The van der Waals surface area contributed by atoms with E-state index in [0.717, 1.165) is 30.8 Å². The molecular weight excluding hydrogens is 300 g/mol. The van der Waals surface area contributed by atoms with E-state index in [9.17, 15) is 4.79 Å². The van der Waals surface area contributed by atoms with E-state index in [0.29, 0.717) is 11.7 Å². The Morgan fingerprint density at radius 2 is 2.23 bits per heavy atom. The zero-order chi connectivity index (χ0) is 15.9. The number of carboxylic acid groups (broad SMARTS) is 1. The number of nitrogens with one attached hydrogen (secondary N) is 1. The highest BCUT2D eigenvalue weighted by Crippen LogP contribution is 2.25. The number of aliphatic imine (C=N–C) groups is 1. The van der Waals surface area contributed by atoms with Gasteiger partial charge >= 0.3 is 5.97 Å². The first-order valence-corrected chi connectivity index (χ1v) is 8.22. The lowest BCUT2D eigenvalue weighted by atomic mass is 9.98. The lowest BCUT2D eigenvalue weighted by molar-refractivity contribution is -0.141. The molecule has 1 unspecified atom stereocenters. The summed E-state index contributed by atoms with van der Waals surface area (Å²) in [5, 5.41) is 20.8. The molecule has 1 aromatic rings. The van der Waals surface area contributed by atoms with Gasteiger partial charge in [0.25, 0.3) is 0 Å². The fourth-order valence-electron chi connectivity index (χ4n) is 2.44. The van der Waals surface area contributed by atoms with E-state index in [4.69, 9.17) is 10.4 Å². The molecule has 6 nitrogen and oxygen atoms in total. The third-order valence-corrected chi connectivity index (χ3v) is 4.15. The van der Waals surface area contributed by atoms with Crippen LogP contribution >= 0.6 is 11.8 Å². The Labute approximate surface area is 133 Å². The Morgan fingerprint density at radius 1 is 1.50 bits per heavy atom. The molecule has 2 N–H and O–H groups in total. The summed E-state index contributed by atoms with van der Waals surface area (Å²) in [4.78, 5) is 17.5. The molecule has 116 valence electrons. The molecule has 1 aromatic carbocycles. The number of hydrogen-bond donors (Lipinski definition) is 2. The molecule has 0 bridgehead atoms. The van der Waals surface area contributed by atoms with Crippen molar-refractivity contribution in [3.8, 4) is 6.19 Å². The molecule has 7 heteroatoms. The largest absolute Gasteiger partial charge is 0.481 e. The van der Waals surface area contributed by atoms with Crippen LogP contribution < -0.4 is 10.2 Å². The number of amidine groups is 1. The van der Waals surface area contributed by atoms with Crippen LogP contribution in [0.15, 0.2) is 29.3 Å². The van der Waals surface area contributed by atoms with Crippen molar-refractivity contribution >= 4 is 34.3 Å². The Kier molecular flexibility index (Phi) is 5.67. The normalized spacial score (nSPS) is 18.6. The zero-order valence-corrected chi connectivity index (χ0v) is 13.1. The van der Waals surface area contributed by atoms with Crippen LogP contribution in [-0.2, 0) is 4.79 Å². The van der Waals surface area contributed by atoms with Gasteiger partial charge in [-0.25, -0.2) is 4.99 Å². The summed E-state index contributed by atoms with van der Waals surface area (Å²) in [7, 11) is 0. The van der Waals surface area contributed by atoms with E-state index in [1.807, 2.05) is 36.7 Å². The van der Waals surface area contributed by atoms with Crippen LogP contribution in [-0.4, -0.2) is 35.6 Å². The maximum Gasteiger partial charge on any atom is 0.308 e. The van der Waals surface area contributed by atoms with E-state index in [-0.39, 0.29) is 5.92 Å². The van der Waals surface area contributed by atoms with Gasteiger partial charge in [0.2, 0.25) is 0 Å². The highest BCUT2D eigenvalue weighted by atomic mass is 32.2. The lowest BCUT2D eigenvalue weighted by Crippen LogP contribution is -2.38. The van der Waals surface area contributed by atoms with E-state index in [2.05, 4.69) is 15.2 Å². The van der Waals surface area contributed by atoms with Crippen molar-refractivity contribution in [1.29, 1.82) is 5.26 Å². The second-order valence-corrected chi connectivity index (χ2v) is 5.79. The standard InChI is InChI=1S/C15H18N4O2S/c1-22-15(17-10-16)18-12-4-6-13(7-5-12)19-8-2-3-11(9-19)14(20)21/h4-7,11H,2-3,8-9H2,1H3,(H,17,18)(H,20,21). The minimum absolute atomic E-state index is 0.297. The molecule has 2 rings (SSSR count). The van der Waals surface area contributed by atoms with Crippen molar-refractivity contribution < 1.29 is 9.90 Å². The summed E-state index contributed by atoms with van der Waals surface area (Å²) in [5.41, 5.74) is 1.76. The Bertz CT molecular complexity index is 595. The van der Waals surface area contributed by atoms with E-state index in [1.54, 1.807) is 0 Å². The highest BCUT2D eigenvalue weighted by molar-refractivity contribution is 8.13. The second kappa shape index (κ2) is 7.71. The summed E-state index contributed by atoms with van der Waals surface area (Å²) >= 11 is 1.37. The van der Waals surface area contributed by atoms with Crippen molar-refractivity contribution in [3.63, 3.8) is 0 Å². The number of hydrogen-bond acceptors (Lipinski definition) is 5. The summed E-state index contributed by atoms with van der Waals surface area (Å²) in [5.74, 6) is -1.02. The number of nitrogens with zero attached hydrogens (tertiary/aromatic N) is 3. The van der Waals surface area contributed by atoms with Crippen molar-refractivity contribution in [2.24, 2.45) is 10.9 Å². The van der Waals surface area contributed by atoms with E-state index < -0.39 is 5.97 Å². The van der Waals surface area contributed by atoms with Crippen LogP contribution in [0.25, 0.3) is 0 Å². The fraction of sp³-hybridized carbons (Fsp3) is 0.400. The first kappa shape index (κ1) is 16.2. The average molecular weight is 318 g/mol. The number of aliphatic carboxylic acids is 1. The topological polar surface area (TPSA) is 88.7 Å². The number of carbonyl (C=O) groups is 1. The maximum absolute atomic E-state index is 11.1. The minimum Gasteiger partial charge on any atom is -0.481 e. The van der Waals surface area contributed by atoms with Crippen molar-refractivity contribution in [1.82, 2.24) is 5.32 Å². The predicted octanol–water partition coefficient (Wildman–Crippen LogP) is 2.41. The van der Waals surface area contributed by atoms with E-state index >= 15 is 0 Å². The van der Waals surface area contributed by atoms with Gasteiger partial charge in [-0.15, -0.1) is 0 Å². The summed E-state index contributed by atoms with van der Waals surface area (Å²) in [6.07, 6.45) is 5.33. The summed E-state index contributed by atoms with van der Waals surface area (Å²) < 4.78 is 0. The molecular formula is C15H18N4O2S. The van der Waals surface area contributed by atoms with Crippen LogP contribution in [0.3, 0.4) is 0 Å². The minimum atomic E-state index is -0.724. The molecule has 1 aliphatic rings. The van der Waals surface area contributed by atoms with Gasteiger partial charge in [0.1, 0.15) is 0 Å². The lowest BCUT2D eigenvalue weighted by Gasteiger charge is -2.32. The first-order valence-electron chi connectivity index (χ1n) is 6.99. The average Bonchev–Trinajstić information content (AvgIpc) is 2.55. The van der Waals surface area contributed by atoms with Gasteiger partial charge in [0.15, 0.2) is 11.4 Å². The van der Waals surface area contributed by atoms with Gasteiger partial charge in [0.05, 0.1) is 11.6 Å². The van der Waals surface area contributed by atoms with Crippen LogP contribution in [0.5, 0.6) is 0 Å². The summed E-state index contributed by atoms with van der Waals surface area (Å²) in [6, 6.07) is 7.62. The molecule has 0 saturated carbocycles. The molecule has 1 heterocycles. The first-order chi connectivity index (χ1) is 10.6. The van der Waals surface area contributed by atoms with Gasteiger partial charge in [0, 0.05) is 18.8 Å². The Hall–Kier alpha value is -2.20. The van der Waals surface area contributed by atoms with Gasteiger partial charge in [-0.3, -0.25) is 10.1 Å². The van der Waals surface area contributed by atoms with Crippen molar-refractivity contribution in [2.45, 2.75) is 12.8 Å². The van der Waals surface area contributed by atoms with E-state index in [1.165, 1.54) is 11.8 Å². The number of piperidine rings is 1. The third kappa shape index (κ3) is 4.15. The number of carboxylic acids is 1. The van der Waals surface area contributed by atoms with Crippen molar-refractivity contribution in [3.05, 3.63) is 24.3 Å². The predicted molar refractivity (Wildman–Crippen MR) is 88.4 cm³/mol. The molecule has 1 saturated heterocycles. The van der Waals surface area contributed by atoms with Crippen LogP contribution in [0.2, 0.25) is 0 Å². The Balaban J connectivity index is 2.08. The van der Waals surface area contributed by atoms with Crippen LogP contribution in [0, 0.1) is 17.4 Å². The molecule has 0 radical (unpaired) electrons. The number of thioether (sulfide) groups is 1. The SMILES string of the molecule is CSC(=Nc1ccc(N2CCCC(C(=O)O)C2)cc1)NC#N.